The molecule has 21 heavy (non-hydrogen) atoms. The van der Waals surface area contributed by atoms with E-state index in [0.29, 0.717) is 12.8 Å². The number of urea groups is 1. The molecule has 0 bridgehead atoms. The molecule has 1 unspecified atom stereocenters. The average Bonchev–Trinajstić information content (AvgIpc) is 2.92. The molecule has 1 atom stereocenters. The Morgan fingerprint density at radius 3 is 2.33 bits per heavy atom. The standard InChI is InChI=1S/C15H27N3O3/c1-12(11-18-9-5-6-10-18)16-14(21)17-15(13(19)20)7-3-2-4-8-15/h12H,2-11H2,1H3,(H,19,20)(H2,16,17,21). The topological polar surface area (TPSA) is 81.7 Å². The zero-order valence-electron chi connectivity index (χ0n) is 12.9. The summed E-state index contributed by atoms with van der Waals surface area (Å²) in [5.41, 5.74) is -1.07. The number of nitrogens with zero attached hydrogens (tertiary/aromatic N) is 1. The molecule has 6 nitrogen and oxygen atoms in total. The molecule has 2 rings (SSSR count). The fraction of sp³-hybridized carbons (Fsp3) is 0.867. The van der Waals surface area contributed by atoms with Gasteiger partial charge in [0, 0.05) is 12.6 Å². The second-order valence-corrected chi connectivity index (χ2v) is 6.46. The van der Waals surface area contributed by atoms with Crippen LogP contribution in [0.2, 0.25) is 0 Å². The summed E-state index contributed by atoms with van der Waals surface area (Å²) in [6.07, 6.45) is 6.25. The molecule has 1 aliphatic heterocycles. The Kier molecular flexibility index (Phi) is 5.45. The number of hydrogen-bond acceptors (Lipinski definition) is 3. The summed E-state index contributed by atoms with van der Waals surface area (Å²) in [6, 6.07) is -0.330. The van der Waals surface area contributed by atoms with Crippen molar-refractivity contribution in [1.82, 2.24) is 15.5 Å². The summed E-state index contributed by atoms with van der Waals surface area (Å²) in [7, 11) is 0. The van der Waals surface area contributed by atoms with E-state index in [1.165, 1.54) is 12.8 Å². The van der Waals surface area contributed by atoms with Crippen LogP contribution in [0.1, 0.15) is 51.9 Å². The van der Waals surface area contributed by atoms with Crippen LogP contribution < -0.4 is 10.6 Å². The minimum absolute atomic E-state index is 0.0255. The van der Waals surface area contributed by atoms with Crippen LogP contribution in [0.5, 0.6) is 0 Å². The molecule has 2 amide bonds. The maximum absolute atomic E-state index is 12.1. The number of carbonyl (C=O) groups is 2. The molecule has 1 saturated heterocycles. The lowest BCUT2D eigenvalue weighted by molar-refractivity contribution is -0.145. The van der Waals surface area contributed by atoms with E-state index in [-0.39, 0.29) is 12.1 Å². The number of aliphatic carboxylic acids is 1. The summed E-state index contributed by atoms with van der Waals surface area (Å²) in [5.74, 6) is -0.912. The lowest BCUT2D eigenvalue weighted by atomic mass is 9.82. The Balaban J connectivity index is 1.82. The van der Waals surface area contributed by atoms with Gasteiger partial charge in [-0.15, -0.1) is 0 Å². The number of rotatable bonds is 5. The van der Waals surface area contributed by atoms with Gasteiger partial charge in [-0.3, -0.25) is 0 Å². The van der Waals surface area contributed by atoms with Crippen LogP contribution >= 0.6 is 0 Å². The molecule has 2 fully saturated rings. The lowest BCUT2D eigenvalue weighted by Gasteiger charge is -2.34. The molecule has 120 valence electrons. The van der Waals surface area contributed by atoms with E-state index in [1.54, 1.807) is 0 Å². The predicted octanol–water partition coefficient (Wildman–Crippen LogP) is 1.56. The monoisotopic (exact) mass is 297 g/mol. The maximum atomic E-state index is 12.1. The van der Waals surface area contributed by atoms with Gasteiger partial charge < -0.3 is 20.6 Å². The third kappa shape index (κ3) is 4.33. The van der Waals surface area contributed by atoms with Crippen molar-refractivity contribution in [2.75, 3.05) is 19.6 Å². The second-order valence-electron chi connectivity index (χ2n) is 6.46. The van der Waals surface area contributed by atoms with E-state index in [0.717, 1.165) is 38.9 Å². The highest BCUT2D eigenvalue weighted by Gasteiger charge is 2.41. The Morgan fingerprint density at radius 1 is 1.14 bits per heavy atom. The molecule has 0 aromatic heterocycles. The van der Waals surface area contributed by atoms with Gasteiger partial charge in [0.2, 0.25) is 0 Å². The highest BCUT2D eigenvalue weighted by molar-refractivity contribution is 5.86. The molecule has 1 heterocycles. The first-order valence-electron chi connectivity index (χ1n) is 8.06. The molecule has 0 radical (unpaired) electrons. The Hall–Kier alpha value is -1.30. The lowest BCUT2D eigenvalue weighted by Crippen LogP contribution is -2.59. The van der Waals surface area contributed by atoms with Crippen molar-refractivity contribution in [3.63, 3.8) is 0 Å². The van der Waals surface area contributed by atoms with Crippen LogP contribution in [-0.2, 0) is 4.79 Å². The molecule has 6 heteroatoms. The molecular weight excluding hydrogens is 270 g/mol. The van der Waals surface area contributed by atoms with Crippen molar-refractivity contribution in [3.05, 3.63) is 0 Å². The number of carboxylic acids is 1. The van der Waals surface area contributed by atoms with Gasteiger partial charge in [0.15, 0.2) is 0 Å². The third-order valence-corrected chi connectivity index (χ3v) is 4.58. The van der Waals surface area contributed by atoms with Gasteiger partial charge in [-0.1, -0.05) is 19.3 Å². The zero-order valence-corrected chi connectivity index (χ0v) is 12.9. The highest BCUT2D eigenvalue weighted by atomic mass is 16.4. The van der Waals surface area contributed by atoms with E-state index in [1.807, 2.05) is 6.92 Å². The number of amides is 2. The number of likely N-dealkylation sites (tertiary alicyclic amines) is 1. The van der Waals surface area contributed by atoms with Gasteiger partial charge >= 0.3 is 12.0 Å². The molecule has 1 aliphatic carbocycles. The first kappa shape index (κ1) is 16.1. The van der Waals surface area contributed by atoms with E-state index in [4.69, 9.17) is 0 Å². The Labute approximate surface area is 126 Å². The smallest absolute Gasteiger partial charge is 0.329 e. The van der Waals surface area contributed by atoms with Crippen LogP contribution in [0.15, 0.2) is 0 Å². The van der Waals surface area contributed by atoms with Crippen LogP contribution in [-0.4, -0.2) is 53.2 Å². The third-order valence-electron chi connectivity index (χ3n) is 4.58. The quantitative estimate of drug-likeness (QED) is 0.719. The van der Waals surface area contributed by atoms with Gasteiger partial charge in [-0.05, 0) is 45.7 Å². The van der Waals surface area contributed by atoms with Gasteiger partial charge in [0.05, 0.1) is 0 Å². The molecular formula is C15H27N3O3. The number of nitrogens with one attached hydrogen (secondary N) is 2. The average molecular weight is 297 g/mol. The first-order valence-corrected chi connectivity index (χ1v) is 8.06. The fourth-order valence-corrected chi connectivity index (χ4v) is 3.42. The van der Waals surface area contributed by atoms with Gasteiger partial charge in [-0.25, -0.2) is 9.59 Å². The molecule has 0 spiro atoms. The minimum Gasteiger partial charge on any atom is -0.480 e. The van der Waals surface area contributed by atoms with Crippen molar-refractivity contribution >= 4 is 12.0 Å². The van der Waals surface area contributed by atoms with Crippen LogP contribution in [0, 0.1) is 0 Å². The molecule has 3 N–H and O–H groups in total. The summed E-state index contributed by atoms with van der Waals surface area (Å²) in [6.45, 7) is 4.97. The molecule has 1 saturated carbocycles. The van der Waals surface area contributed by atoms with Crippen molar-refractivity contribution in [2.45, 2.75) is 63.5 Å². The summed E-state index contributed by atoms with van der Waals surface area (Å²) in [4.78, 5) is 26.0. The minimum atomic E-state index is -1.07. The first-order chi connectivity index (χ1) is 10.0. The maximum Gasteiger partial charge on any atom is 0.329 e. The van der Waals surface area contributed by atoms with E-state index in [2.05, 4.69) is 15.5 Å². The summed E-state index contributed by atoms with van der Waals surface area (Å²) >= 11 is 0. The van der Waals surface area contributed by atoms with Gasteiger partial charge in [-0.2, -0.15) is 0 Å². The number of carboxylic acid groups (broad SMARTS) is 1. The van der Waals surface area contributed by atoms with Crippen LogP contribution in [0.4, 0.5) is 4.79 Å². The van der Waals surface area contributed by atoms with Gasteiger partial charge in [0.1, 0.15) is 5.54 Å². The summed E-state index contributed by atoms with van der Waals surface area (Å²) in [5, 5.41) is 15.0. The molecule has 2 aliphatic rings. The van der Waals surface area contributed by atoms with Crippen molar-refractivity contribution in [2.24, 2.45) is 0 Å². The summed E-state index contributed by atoms with van der Waals surface area (Å²) < 4.78 is 0. The highest BCUT2D eigenvalue weighted by Crippen LogP contribution is 2.28. The van der Waals surface area contributed by atoms with E-state index in [9.17, 15) is 14.7 Å². The largest absolute Gasteiger partial charge is 0.480 e. The Bertz CT molecular complexity index is 374. The second kappa shape index (κ2) is 7.11. The zero-order chi connectivity index (χ0) is 15.3. The molecule has 0 aromatic carbocycles. The predicted molar refractivity (Wildman–Crippen MR) is 80.3 cm³/mol. The number of carbonyl (C=O) groups excluding carboxylic acids is 1. The van der Waals surface area contributed by atoms with Crippen LogP contribution in [0.25, 0.3) is 0 Å². The van der Waals surface area contributed by atoms with Crippen molar-refractivity contribution in [3.8, 4) is 0 Å². The number of hydrogen-bond donors (Lipinski definition) is 3. The SMILES string of the molecule is CC(CN1CCCC1)NC(=O)NC1(C(=O)O)CCCCC1. The fourth-order valence-electron chi connectivity index (χ4n) is 3.42. The Morgan fingerprint density at radius 2 is 1.76 bits per heavy atom. The normalized spacial score (nSPS) is 23.5. The molecule has 0 aromatic rings. The van der Waals surface area contributed by atoms with E-state index >= 15 is 0 Å². The van der Waals surface area contributed by atoms with Gasteiger partial charge in [0.25, 0.3) is 0 Å². The van der Waals surface area contributed by atoms with Crippen molar-refractivity contribution < 1.29 is 14.7 Å². The van der Waals surface area contributed by atoms with Crippen LogP contribution in [0.3, 0.4) is 0 Å². The van der Waals surface area contributed by atoms with Crippen molar-refractivity contribution in [1.29, 1.82) is 0 Å². The van der Waals surface area contributed by atoms with E-state index < -0.39 is 11.5 Å².